The molecular formula is C25H26Cl2N2O4. The van der Waals surface area contributed by atoms with Crippen molar-refractivity contribution in [2.75, 3.05) is 13.7 Å². The van der Waals surface area contributed by atoms with Crippen molar-refractivity contribution in [1.29, 1.82) is 0 Å². The molecule has 8 heteroatoms. The van der Waals surface area contributed by atoms with Crippen molar-refractivity contribution in [2.45, 2.75) is 32.4 Å². The maximum atomic E-state index is 12.4. The van der Waals surface area contributed by atoms with Gasteiger partial charge < -0.3 is 19.5 Å². The molecule has 1 unspecified atom stereocenters. The van der Waals surface area contributed by atoms with Gasteiger partial charge in [-0.15, -0.1) is 0 Å². The molecule has 1 N–H and O–H groups in total. The number of amides is 1. The van der Waals surface area contributed by atoms with Crippen LogP contribution in [-0.2, 0) is 11.4 Å². The van der Waals surface area contributed by atoms with Gasteiger partial charge in [0.05, 0.1) is 24.8 Å². The van der Waals surface area contributed by atoms with Crippen LogP contribution in [0.25, 0.3) is 0 Å². The Morgan fingerprint density at radius 3 is 2.58 bits per heavy atom. The third-order valence-corrected chi connectivity index (χ3v) is 5.73. The van der Waals surface area contributed by atoms with E-state index in [2.05, 4.69) is 10.3 Å². The Balaban J connectivity index is 1.48. The summed E-state index contributed by atoms with van der Waals surface area (Å²) in [6, 6.07) is 14.4. The van der Waals surface area contributed by atoms with Crippen LogP contribution in [0.15, 0.2) is 60.9 Å². The molecule has 1 heterocycles. The van der Waals surface area contributed by atoms with Gasteiger partial charge in [-0.2, -0.15) is 0 Å². The van der Waals surface area contributed by atoms with Gasteiger partial charge in [-0.1, -0.05) is 35.3 Å². The van der Waals surface area contributed by atoms with Crippen LogP contribution in [0.4, 0.5) is 0 Å². The number of carbonyl (C=O) groups is 1. The number of aromatic nitrogens is 1. The van der Waals surface area contributed by atoms with Crippen molar-refractivity contribution in [3.8, 4) is 17.2 Å². The maximum Gasteiger partial charge on any atom is 0.220 e. The lowest BCUT2D eigenvalue weighted by atomic mass is 10.1. The molecule has 0 aliphatic rings. The number of hydrogen-bond acceptors (Lipinski definition) is 5. The van der Waals surface area contributed by atoms with Crippen LogP contribution in [0.1, 0.15) is 36.9 Å². The first-order valence-electron chi connectivity index (χ1n) is 10.5. The number of pyridine rings is 1. The van der Waals surface area contributed by atoms with Gasteiger partial charge in [0.2, 0.25) is 5.91 Å². The van der Waals surface area contributed by atoms with Gasteiger partial charge in [-0.25, -0.2) is 0 Å². The van der Waals surface area contributed by atoms with Gasteiger partial charge in [0.15, 0.2) is 11.5 Å². The molecule has 0 aliphatic heterocycles. The third-order valence-electron chi connectivity index (χ3n) is 4.93. The molecule has 3 rings (SSSR count). The fraction of sp³-hybridized carbons (Fsp3) is 0.280. The van der Waals surface area contributed by atoms with E-state index in [-0.39, 0.29) is 11.9 Å². The first-order chi connectivity index (χ1) is 16.0. The molecule has 1 aromatic heterocycles. The predicted octanol–water partition coefficient (Wildman–Crippen LogP) is 6.01. The van der Waals surface area contributed by atoms with Crippen LogP contribution in [-0.4, -0.2) is 24.6 Å². The quantitative estimate of drug-likeness (QED) is 0.334. The molecular weight excluding hydrogens is 463 g/mol. The molecule has 174 valence electrons. The summed E-state index contributed by atoms with van der Waals surface area (Å²) in [5, 5.41) is 3.81. The van der Waals surface area contributed by atoms with Crippen molar-refractivity contribution >= 4 is 29.1 Å². The summed E-state index contributed by atoms with van der Waals surface area (Å²) in [6.45, 7) is 2.69. The summed E-state index contributed by atoms with van der Waals surface area (Å²) in [5.41, 5.74) is 1.93. The number of halogens is 2. The van der Waals surface area contributed by atoms with E-state index in [0.717, 1.165) is 11.1 Å². The average molecular weight is 489 g/mol. The number of rotatable bonds is 11. The normalized spacial score (nSPS) is 11.5. The largest absolute Gasteiger partial charge is 0.493 e. The Kier molecular flexibility index (Phi) is 9.22. The van der Waals surface area contributed by atoms with Crippen molar-refractivity contribution in [3.63, 3.8) is 0 Å². The highest BCUT2D eigenvalue weighted by Crippen LogP contribution is 2.32. The Labute approximate surface area is 203 Å². The molecule has 33 heavy (non-hydrogen) atoms. The zero-order chi connectivity index (χ0) is 23.6. The summed E-state index contributed by atoms with van der Waals surface area (Å²) in [6.07, 6.45) is 4.32. The minimum absolute atomic E-state index is 0.0692. The lowest BCUT2D eigenvalue weighted by Crippen LogP contribution is -2.26. The highest BCUT2D eigenvalue weighted by atomic mass is 35.5. The Morgan fingerprint density at radius 1 is 1.03 bits per heavy atom. The molecule has 0 saturated heterocycles. The van der Waals surface area contributed by atoms with Crippen LogP contribution in [0, 0.1) is 0 Å². The van der Waals surface area contributed by atoms with Crippen LogP contribution in [0.3, 0.4) is 0 Å². The van der Waals surface area contributed by atoms with Crippen LogP contribution in [0.5, 0.6) is 17.2 Å². The summed E-state index contributed by atoms with van der Waals surface area (Å²) in [7, 11) is 1.59. The minimum atomic E-state index is -0.191. The number of nitrogens with one attached hydrogen (secondary N) is 1. The van der Waals surface area contributed by atoms with Gasteiger partial charge >= 0.3 is 0 Å². The Bertz CT molecular complexity index is 1060. The second-order valence-corrected chi connectivity index (χ2v) is 8.13. The summed E-state index contributed by atoms with van der Waals surface area (Å²) < 4.78 is 17.0. The van der Waals surface area contributed by atoms with Gasteiger partial charge in [0, 0.05) is 18.8 Å². The van der Waals surface area contributed by atoms with E-state index in [1.807, 2.05) is 37.3 Å². The van der Waals surface area contributed by atoms with Crippen LogP contribution < -0.4 is 19.5 Å². The highest BCUT2D eigenvalue weighted by Gasteiger charge is 2.14. The first kappa shape index (κ1) is 24.7. The standard InChI is InChI=1S/C25H26Cl2N2O4/c1-17(29-24(30)7-4-14-32-22-6-3-5-20(26)25(22)27)19-8-9-21(23(15-19)31-2)33-16-18-10-12-28-13-11-18/h3,5-6,8-13,15,17H,4,7,14,16H2,1-2H3,(H,29,30). The van der Waals surface area contributed by atoms with Crippen LogP contribution >= 0.6 is 23.2 Å². The molecule has 0 radical (unpaired) electrons. The lowest BCUT2D eigenvalue weighted by molar-refractivity contribution is -0.121. The number of benzene rings is 2. The SMILES string of the molecule is COc1cc(C(C)NC(=O)CCCOc2cccc(Cl)c2Cl)ccc1OCc1ccncc1. The lowest BCUT2D eigenvalue weighted by Gasteiger charge is -2.17. The molecule has 0 aliphatic carbocycles. The number of ether oxygens (including phenoxy) is 3. The zero-order valence-electron chi connectivity index (χ0n) is 18.5. The van der Waals surface area contributed by atoms with Crippen LogP contribution in [0.2, 0.25) is 10.0 Å². The van der Waals surface area contributed by atoms with E-state index in [1.54, 1.807) is 37.7 Å². The van der Waals surface area contributed by atoms with Crippen molar-refractivity contribution in [1.82, 2.24) is 10.3 Å². The van der Waals surface area contributed by atoms with E-state index in [4.69, 9.17) is 37.4 Å². The van der Waals surface area contributed by atoms with Gasteiger partial charge in [0.1, 0.15) is 17.4 Å². The summed E-state index contributed by atoms with van der Waals surface area (Å²) in [5.74, 6) is 1.68. The molecule has 1 atom stereocenters. The molecule has 0 fully saturated rings. The first-order valence-corrected chi connectivity index (χ1v) is 11.3. The number of nitrogens with zero attached hydrogens (tertiary/aromatic N) is 1. The fourth-order valence-corrected chi connectivity index (χ4v) is 3.47. The number of carbonyl (C=O) groups excluding carboxylic acids is 1. The van der Waals surface area contributed by atoms with Crippen molar-refractivity contribution < 1.29 is 19.0 Å². The molecule has 0 spiro atoms. The molecule has 6 nitrogen and oxygen atoms in total. The van der Waals surface area contributed by atoms with E-state index in [1.165, 1.54) is 0 Å². The van der Waals surface area contributed by atoms with Gasteiger partial charge in [-0.3, -0.25) is 9.78 Å². The van der Waals surface area contributed by atoms with Crippen molar-refractivity contribution in [3.05, 3.63) is 82.1 Å². The van der Waals surface area contributed by atoms with Gasteiger partial charge in [0.25, 0.3) is 0 Å². The van der Waals surface area contributed by atoms with E-state index >= 15 is 0 Å². The Morgan fingerprint density at radius 2 is 1.82 bits per heavy atom. The second-order valence-electron chi connectivity index (χ2n) is 7.35. The smallest absolute Gasteiger partial charge is 0.220 e. The zero-order valence-corrected chi connectivity index (χ0v) is 20.0. The van der Waals surface area contributed by atoms with Crippen molar-refractivity contribution in [2.24, 2.45) is 0 Å². The fourth-order valence-electron chi connectivity index (χ4n) is 3.12. The molecule has 2 aromatic carbocycles. The Hall–Kier alpha value is -2.96. The monoisotopic (exact) mass is 488 g/mol. The predicted molar refractivity (Wildman–Crippen MR) is 129 cm³/mol. The summed E-state index contributed by atoms with van der Waals surface area (Å²) >= 11 is 12.1. The topological polar surface area (TPSA) is 69.7 Å². The average Bonchev–Trinajstić information content (AvgIpc) is 2.83. The molecule has 1 amide bonds. The molecule has 3 aromatic rings. The van der Waals surface area contributed by atoms with E-state index in [0.29, 0.717) is 53.3 Å². The maximum absolute atomic E-state index is 12.4. The summed E-state index contributed by atoms with van der Waals surface area (Å²) in [4.78, 5) is 16.4. The number of hydrogen-bond donors (Lipinski definition) is 1. The second kappa shape index (κ2) is 12.3. The minimum Gasteiger partial charge on any atom is -0.493 e. The van der Waals surface area contributed by atoms with E-state index in [9.17, 15) is 4.79 Å². The number of methoxy groups -OCH3 is 1. The molecule has 0 saturated carbocycles. The molecule has 0 bridgehead atoms. The third kappa shape index (κ3) is 7.27. The van der Waals surface area contributed by atoms with E-state index < -0.39 is 0 Å². The van der Waals surface area contributed by atoms with Gasteiger partial charge in [-0.05, 0) is 60.9 Å². The highest BCUT2D eigenvalue weighted by molar-refractivity contribution is 6.42.